The molecule has 156 valence electrons. The summed E-state index contributed by atoms with van der Waals surface area (Å²) in [5.74, 6) is 1.01. The molecule has 9 nitrogen and oxygen atoms in total. The zero-order valence-corrected chi connectivity index (χ0v) is 17.8. The lowest BCUT2D eigenvalue weighted by Gasteiger charge is -2.32. The second-order valence-corrected chi connectivity index (χ2v) is 8.87. The summed E-state index contributed by atoms with van der Waals surface area (Å²) >= 11 is 0. The molecule has 0 unspecified atom stereocenters. The predicted molar refractivity (Wildman–Crippen MR) is 110 cm³/mol. The van der Waals surface area contributed by atoms with Crippen LogP contribution in [0.15, 0.2) is 18.6 Å². The molecule has 0 amide bonds. The van der Waals surface area contributed by atoms with Crippen molar-refractivity contribution in [3.8, 4) is 11.6 Å². The van der Waals surface area contributed by atoms with Gasteiger partial charge in [-0.3, -0.25) is 4.68 Å². The molecular weight excluding hydrogens is 371 g/mol. The Morgan fingerprint density at radius 1 is 1.14 bits per heavy atom. The Kier molecular flexibility index (Phi) is 5.04. The molecule has 0 saturated carbocycles. The highest BCUT2D eigenvalue weighted by molar-refractivity contribution is 6.61. The molecular formula is C19H29BN6O3. The molecule has 4 rings (SSSR count). The van der Waals surface area contributed by atoms with Gasteiger partial charge in [0.05, 0.1) is 35.2 Å². The van der Waals surface area contributed by atoms with Crippen LogP contribution in [0.2, 0.25) is 0 Å². The minimum atomic E-state index is -0.627. The fourth-order valence-corrected chi connectivity index (χ4v) is 3.49. The largest absolute Gasteiger partial charge is 0.516 e. The molecule has 0 radical (unpaired) electrons. The van der Waals surface area contributed by atoms with Crippen molar-refractivity contribution in [1.82, 2.24) is 24.6 Å². The van der Waals surface area contributed by atoms with Gasteiger partial charge in [0, 0.05) is 6.20 Å². The van der Waals surface area contributed by atoms with Crippen molar-refractivity contribution in [2.45, 2.75) is 57.8 Å². The van der Waals surface area contributed by atoms with E-state index in [0.29, 0.717) is 17.4 Å². The Morgan fingerprint density at radius 3 is 2.45 bits per heavy atom. The standard InChI is InChI=1S/C19H29BN6O3/c1-18(2)19(3,4)29-20(28-18)15-11-22-16(21)17(24-15)27-14-10-23-26(12-14)13-6-8-25(5)9-7-13/h10-13H,6-9H2,1-5H3,(H2,21,22). The molecule has 2 aliphatic heterocycles. The van der Waals surface area contributed by atoms with Crippen molar-refractivity contribution in [2.75, 3.05) is 25.9 Å². The van der Waals surface area contributed by atoms with Crippen molar-refractivity contribution in [3.63, 3.8) is 0 Å². The van der Waals surface area contributed by atoms with Crippen LogP contribution in [0.5, 0.6) is 11.6 Å². The van der Waals surface area contributed by atoms with Crippen molar-refractivity contribution in [3.05, 3.63) is 18.6 Å². The molecule has 0 atom stereocenters. The quantitative estimate of drug-likeness (QED) is 0.773. The maximum absolute atomic E-state index is 6.05. The Morgan fingerprint density at radius 2 is 1.79 bits per heavy atom. The second kappa shape index (κ2) is 7.26. The lowest BCUT2D eigenvalue weighted by molar-refractivity contribution is 0.00578. The highest BCUT2D eigenvalue weighted by Gasteiger charge is 2.52. The van der Waals surface area contributed by atoms with Crippen molar-refractivity contribution in [2.24, 2.45) is 0 Å². The number of likely N-dealkylation sites (tertiary alicyclic amines) is 1. The monoisotopic (exact) mass is 400 g/mol. The molecule has 2 aliphatic rings. The number of nitrogens with two attached hydrogens (primary N) is 1. The van der Waals surface area contributed by atoms with Crippen LogP contribution in [-0.2, 0) is 9.31 Å². The van der Waals surface area contributed by atoms with Crippen LogP contribution < -0.4 is 16.1 Å². The van der Waals surface area contributed by atoms with E-state index >= 15 is 0 Å². The van der Waals surface area contributed by atoms with Gasteiger partial charge in [0.25, 0.3) is 5.88 Å². The summed E-state index contributed by atoms with van der Waals surface area (Å²) in [5.41, 5.74) is 5.60. The van der Waals surface area contributed by atoms with Gasteiger partial charge in [0.1, 0.15) is 0 Å². The number of aromatic nitrogens is 4. The average molecular weight is 400 g/mol. The number of ether oxygens (including phenoxy) is 1. The molecule has 0 aromatic carbocycles. The van der Waals surface area contributed by atoms with Gasteiger partial charge in [-0.05, 0) is 60.7 Å². The average Bonchev–Trinajstić information content (AvgIpc) is 3.19. The van der Waals surface area contributed by atoms with Gasteiger partial charge >= 0.3 is 7.12 Å². The first-order valence-electron chi connectivity index (χ1n) is 10.0. The summed E-state index contributed by atoms with van der Waals surface area (Å²) in [6, 6.07) is 0.378. The van der Waals surface area contributed by atoms with Crippen LogP contribution in [0.25, 0.3) is 0 Å². The molecule has 2 saturated heterocycles. The molecule has 10 heteroatoms. The third-order valence-electron chi connectivity index (χ3n) is 6.13. The van der Waals surface area contributed by atoms with Crippen molar-refractivity contribution < 1.29 is 14.0 Å². The van der Waals surface area contributed by atoms with Gasteiger partial charge in [-0.2, -0.15) is 5.10 Å². The maximum atomic E-state index is 6.05. The van der Waals surface area contributed by atoms with E-state index in [1.165, 1.54) is 0 Å². The number of hydrogen-bond acceptors (Lipinski definition) is 8. The van der Waals surface area contributed by atoms with Crippen molar-refractivity contribution in [1.29, 1.82) is 0 Å². The summed E-state index contributed by atoms with van der Waals surface area (Å²) in [6.45, 7) is 10.1. The summed E-state index contributed by atoms with van der Waals surface area (Å²) in [4.78, 5) is 11.1. The Balaban J connectivity index is 1.49. The molecule has 0 bridgehead atoms. The number of nitrogen functional groups attached to an aromatic ring is 1. The molecule has 0 spiro atoms. The lowest BCUT2D eigenvalue weighted by atomic mass is 9.85. The second-order valence-electron chi connectivity index (χ2n) is 8.87. The molecule has 2 fully saturated rings. The minimum absolute atomic E-state index is 0.206. The molecule has 4 heterocycles. The fourth-order valence-electron chi connectivity index (χ4n) is 3.49. The summed E-state index contributed by atoms with van der Waals surface area (Å²) in [6.07, 6.45) is 7.26. The van der Waals surface area contributed by atoms with E-state index in [4.69, 9.17) is 19.8 Å². The summed E-state index contributed by atoms with van der Waals surface area (Å²) in [7, 11) is 1.51. The Labute approximate surface area is 171 Å². The minimum Gasteiger partial charge on any atom is -0.433 e. The fraction of sp³-hybridized carbons (Fsp3) is 0.632. The van der Waals surface area contributed by atoms with Gasteiger partial charge in [-0.15, -0.1) is 0 Å². The van der Waals surface area contributed by atoms with E-state index in [9.17, 15) is 0 Å². The molecule has 2 aromatic heterocycles. The van der Waals surface area contributed by atoms with Gasteiger partial charge in [-0.25, -0.2) is 9.97 Å². The Hall–Kier alpha value is -2.17. The van der Waals surface area contributed by atoms with Gasteiger partial charge < -0.3 is 24.7 Å². The smallest absolute Gasteiger partial charge is 0.433 e. The number of rotatable bonds is 4. The van der Waals surface area contributed by atoms with Gasteiger partial charge in [0.2, 0.25) is 0 Å². The highest BCUT2D eigenvalue weighted by atomic mass is 16.7. The number of piperidine rings is 1. The molecule has 29 heavy (non-hydrogen) atoms. The number of nitrogens with zero attached hydrogens (tertiary/aromatic N) is 5. The normalized spacial score (nSPS) is 22.2. The van der Waals surface area contributed by atoms with Gasteiger partial charge in [0.15, 0.2) is 11.6 Å². The maximum Gasteiger partial charge on any atom is 0.516 e. The number of hydrogen-bond donors (Lipinski definition) is 1. The zero-order chi connectivity index (χ0) is 20.8. The first-order valence-corrected chi connectivity index (χ1v) is 10.0. The van der Waals surface area contributed by atoms with E-state index in [1.807, 2.05) is 38.6 Å². The van der Waals surface area contributed by atoms with Crippen LogP contribution in [0.1, 0.15) is 46.6 Å². The van der Waals surface area contributed by atoms with Crippen LogP contribution in [0.4, 0.5) is 5.82 Å². The van der Waals surface area contributed by atoms with E-state index in [2.05, 4.69) is 27.0 Å². The van der Waals surface area contributed by atoms with Gasteiger partial charge in [-0.1, -0.05) is 0 Å². The topological polar surface area (TPSA) is 101 Å². The zero-order valence-electron chi connectivity index (χ0n) is 17.8. The van der Waals surface area contributed by atoms with Crippen molar-refractivity contribution >= 4 is 18.5 Å². The van der Waals surface area contributed by atoms with E-state index in [0.717, 1.165) is 25.9 Å². The molecule has 2 aromatic rings. The first kappa shape index (κ1) is 20.1. The molecule has 0 aliphatic carbocycles. The third-order valence-corrected chi connectivity index (χ3v) is 6.13. The van der Waals surface area contributed by atoms with Crippen LogP contribution in [-0.4, -0.2) is 63.1 Å². The van der Waals surface area contributed by atoms with Crippen LogP contribution in [0.3, 0.4) is 0 Å². The Bertz CT molecular complexity index is 863. The molecule has 2 N–H and O–H groups in total. The van der Waals surface area contributed by atoms with E-state index in [-0.39, 0.29) is 11.7 Å². The predicted octanol–water partition coefficient (Wildman–Crippen LogP) is 1.61. The summed E-state index contributed by atoms with van der Waals surface area (Å²) < 4.78 is 20.0. The van der Waals surface area contributed by atoms with E-state index < -0.39 is 18.3 Å². The highest BCUT2D eigenvalue weighted by Crippen LogP contribution is 2.36. The first-order chi connectivity index (χ1) is 13.6. The third kappa shape index (κ3) is 3.97. The summed E-state index contributed by atoms with van der Waals surface area (Å²) in [5, 5.41) is 4.46. The van der Waals surface area contributed by atoms with E-state index in [1.54, 1.807) is 12.4 Å². The van der Waals surface area contributed by atoms with Crippen LogP contribution in [0, 0.1) is 0 Å². The lowest BCUT2D eigenvalue weighted by Crippen LogP contribution is -2.41. The SMILES string of the molecule is CN1CCC(n2cc(Oc3nc(B4OC(C)(C)C(C)(C)O4)cnc3N)cn2)CC1. The van der Waals surface area contributed by atoms with Crippen LogP contribution >= 0.6 is 0 Å². The number of anilines is 1.